The predicted octanol–water partition coefficient (Wildman–Crippen LogP) is 5.78. The van der Waals surface area contributed by atoms with Gasteiger partial charge < -0.3 is 4.90 Å². The summed E-state index contributed by atoms with van der Waals surface area (Å²) in [5.41, 5.74) is 3.23. The van der Waals surface area contributed by atoms with Gasteiger partial charge in [0.1, 0.15) is 5.41 Å². The monoisotopic (exact) mass is 511 g/mol. The first kappa shape index (κ1) is 21.2. The minimum absolute atomic E-state index is 0.0610. The van der Waals surface area contributed by atoms with Crippen molar-refractivity contribution in [2.75, 3.05) is 4.90 Å². The molecule has 1 saturated heterocycles. The molecule has 3 aliphatic rings. The maximum absolute atomic E-state index is 14.3. The molecule has 34 heavy (non-hydrogen) atoms. The number of hydrogen-bond acceptors (Lipinski definition) is 4. The standard InChI is InChI=1S/C29H22BrNO3/c1-16-7-8-18-11-14-24-29(27(33)21-5-3-4-6-22(21)28(29)34)25(19-9-12-20(30)13-10-19)26(17(2)32)31(24)23(18)15-16/h3-15,24-26H,1-2H3/t24-,25-,26-/m1/s1. The first-order valence-corrected chi connectivity index (χ1v) is 12.2. The van der Waals surface area contributed by atoms with Crippen LogP contribution in [0.5, 0.6) is 0 Å². The Bertz CT molecular complexity index is 1390. The molecule has 0 saturated carbocycles. The molecule has 3 atom stereocenters. The Kier molecular flexibility index (Phi) is 4.59. The Morgan fingerprint density at radius 3 is 2.21 bits per heavy atom. The maximum Gasteiger partial charge on any atom is 0.180 e. The molecule has 0 N–H and O–H groups in total. The van der Waals surface area contributed by atoms with Gasteiger partial charge in [-0.25, -0.2) is 0 Å². The number of rotatable bonds is 2. The molecule has 0 bridgehead atoms. The molecule has 2 aliphatic heterocycles. The second kappa shape index (κ2) is 7.34. The van der Waals surface area contributed by atoms with Crippen LogP contribution in [0.2, 0.25) is 0 Å². The van der Waals surface area contributed by atoms with E-state index in [-0.39, 0.29) is 17.3 Å². The maximum atomic E-state index is 14.3. The quantitative estimate of drug-likeness (QED) is 0.409. The molecule has 5 heteroatoms. The van der Waals surface area contributed by atoms with E-state index >= 15 is 0 Å². The number of carbonyl (C=O) groups is 3. The van der Waals surface area contributed by atoms with Crippen LogP contribution in [0.4, 0.5) is 5.69 Å². The molecule has 6 rings (SSSR count). The van der Waals surface area contributed by atoms with Gasteiger partial charge in [-0.05, 0) is 48.7 Å². The van der Waals surface area contributed by atoms with Crippen molar-refractivity contribution in [1.82, 2.24) is 0 Å². The van der Waals surface area contributed by atoms with Gasteiger partial charge in [0, 0.05) is 27.2 Å². The Morgan fingerprint density at radius 1 is 0.941 bits per heavy atom. The number of nitrogens with zero attached hydrogens (tertiary/aromatic N) is 1. The third-order valence-electron chi connectivity index (χ3n) is 7.61. The topological polar surface area (TPSA) is 54.5 Å². The fraction of sp³-hybridized carbons (Fsp3) is 0.207. The summed E-state index contributed by atoms with van der Waals surface area (Å²) in [4.78, 5) is 44.0. The van der Waals surface area contributed by atoms with Gasteiger partial charge in [-0.15, -0.1) is 0 Å². The average molecular weight is 512 g/mol. The molecule has 0 aromatic heterocycles. The Balaban J connectivity index is 1.69. The predicted molar refractivity (Wildman–Crippen MR) is 135 cm³/mol. The second-order valence-corrected chi connectivity index (χ2v) is 10.3. The van der Waals surface area contributed by atoms with E-state index in [2.05, 4.69) is 22.0 Å². The number of aryl methyl sites for hydroxylation is 1. The van der Waals surface area contributed by atoms with Crippen LogP contribution in [0.3, 0.4) is 0 Å². The van der Waals surface area contributed by atoms with E-state index in [9.17, 15) is 14.4 Å². The van der Waals surface area contributed by atoms with Crippen molar-refractivity contribution in [2.24, 2.45) is 5.41 Å². The third kappa shape index (κ3) is 2.62. The number of ketones is 3. The van der Waals surface area contributed by atoms with Gasteiger partial charge in [0.2, 0.25) is 0 Å². The lowest BCUT2D eigenvalue weighted by Gasteiger charge is -2.37. The van der Waals surface area contributed by atoms with Gasteiger partial charge >= 0.3 is 0 Å². The molecule has 1 spiro atoms. The fourth-order valence-corrected chi connectivity index (χ4v) is 6.53. The van der Waals surface area contributed by atoms with Crippen molar-refractivity contribution in [1.29, 1.82) is 0 Å². The second-order valence-electron chi connectivity index (χ2n) is 9.43. The summed E-state index contributed by atoms with van der Waals surface area (Å²) in [5, 5.41) is 0. The molecule has 2 heterocycles. The normalized spacial score (nSPS) is 23.7. The van der Waals surface area contributed by atoms with Crippen LogP contribution < -0.4 is 4.90 Å². The molecule has 3 aromatic rings. The molecule has 4 nitrogen and oxygen atoms in total. The van der Waals surface area contributed by atoms with Crippen molar-refractivity contribution >= 4 is 45.0 Å². The zero-order valence-corrected chi connectivity index (χ0v) is 20.4. The molecule has 1 aliphatic carbocycles. The number of anilines is 1. The molecular formula is C29H22BrNO3. The van der Waals surface area contributed by atoms with Crippen molar-refractivity contribution < 1.29 is 14.4 Å². The average Bonchev–Trinajstić information content (AvgIpc) is 3.27. The van der Waals surface area contributed by atoms with E-state index in [4.69, 9.17) is 0 Å². The van der Waals surface area contributed by atoms with Crippen LogP contribution in [0, 0.1) is 12.3 Å². The Morgan fingerprint density at radius 2 is 1.59 bits per heavy atom. The highest BCUT2D eigenvalue weighted by Gasteiger charge is 2.71. The van der Waals surface area contributed by atoms with Gasteiger partial charge in [-0.1, -0.05) is 76.6 Å². The van der Waals surface area contributed by atoms with Crippen LogP contribution >= 0.6 is 15.9 Å². The molecule has 0 radical (unpaired) electrons. The first-order valence-electron chi connectivity index (χ1n) is 11.4. The zero-order chi connectivity index (χ0) is 23.8. The van der Waals surface area contributed by atoms with E-state index in [1.54, 1.807) is 31.2 Å². The van der Waals surface area contributed by atoms with Gasteiger partial charge in [-0.2, -0.15) is 0 Å². The number of hydrogen-bond donors (Lipinski definition) is 0. The van der Waals surface area contributed by atoms with E-state index < -0.39 is 23.4 Å². The number of fused-ring (bicyclic) bond motifs is 5. The zero-order valence-electron chi connectivity index (χ0n) is 18.8. The van der Waals surface area contributed by atoms with E-state index in [0.29, 0.717) is 11.1 Å². The Hall–Kier alpha value is -3.31. The number of benzene rings is 3. The van der Waals surface area contributed by atoms with Crippen molar-refractivity contribution in [3.05, 3.63) is 105 Å². The van der Waals surface area contributed by atoms with Gasteiger partial charge in [0.05, 0.1) is 12.1 Å². The van der Waals surface area contributed by atoms with E-state index in [0.717, 1.165) is 26.9 Å². The molecule has 3 aromatic carbocycles. The van der Waals surface area contributed by atoms with Crippen LogP contribution in [0.25, 0.3) is 6.08 Å². The summed E-state index contributed by atoms with van der Waals surface area (Å²) < 4.78 is 0.897. The van der Waals surface area contributed by atoms with Gasteiger partial charge in [-0.3, -0.25) is 14.4 Å². The van der Waals surface area contributed by atoms with E-state index in [1.807, 2.05) is 60.4 Å². The van der Waals surface area contributed by atoms with Gasteiger partial charge in [0.15, 0.2) is 17.3 Å². The smallest absolute Gasteiger partial charge is 0.180 e. The van der Waals surface area contributed by atoms with Gasteiger partial charge in [0.25, 0.3) is 0 Å². The lowest BCUT2D eigenvalue weighted by molar-refractivity contribution is -0.118. The lowest BCUT2D eigenvalue weighted by Crippen LogP contribution is -2.48. The summed E-state index contributed by atoms with van der Waals surface area (Å²) >= 11 is 3.49. The first-order chi connectivity index (χ1) is 16.4. The number of halogens is 1. The minimum atomic E-state index is -1.41. The fourth-order valence-electron chi connectivity index (χ4n) is 6.27. The summed E-state index contributed by atoms with van der Waals surface area (Å²) in [6.45, 7) is 3.58. The van der Waals surface area contributed by atoms with Crippen LogP contribution in [0.15, 0.2) is 77.3 Å². The molecular weight excluding hydrogens is 490 g/mol. The summed E-state index contributed by atoms with van der Waals surface area (Å²) in [6, 6.07) is 19.6. The van der Waals surface area contributed by atoms with Crippen molar-refractivity contribution in [2.45, 2.75) is 31.8 Å². The van der Waals surface area contributed by atoms with E-state index in [1.165, 1.54) is 0 Å². The van der Waals surface area contributed by atoms with Crippen molar-refractivity contribution in [3.63, 3.8) is 0 Å². The SMILES string of the molecule is CC(=O)[C@@H]1[C@@H](c2ccc(Br)cc2)C2(C(=O)c3ccccc3C2=O)[C@H]2C=Cc3ccc(C)cc3N12. The highest BCUT2D eigenvalue weighted by Crippen LogP contribution is 2.60. The van der Waals surface area contributed by atoms with Crippen LogP contribution in [-0.2, 0) is 4.79 Å². The Labute approximate surface area is 206 Å². The molecule has 0 amide bonds. The summed E-state index contributed by atoms with van der Waals surface area (Å²) in [6.07, 6.45) is 3.94. The molecule has 1 fully saturated rings. The van der Waals surface area contributed by atoms with Crippen LogP contribution in [-0.4, -0.2) is 29.4 Å². The summed E-state index contributed by atoms with van der Waals surface area (Å²) in [7, 11) is 0. The van der Waals surface area contributed by atoms with Crippen LogP contribution in [0.1, 0.15) is 50.2 Å². The highest BCUT2D eigenvalue weighted by atomic mass is 79.9. The summed E-state index contributed by atoms with van der Waals surface area (Å²) in [5.74, 6) is -1.07. The minimum Gasteiger partial charge on any atom is -0.352 e. The molecule has 168 valence electrons. The largest absolute Gasteiger partial charge is 0.352 e. The highest BCUT2D eigenvalue weighted by molar-refractivity contribution is 9.10. The van der Waals surface area contributed by atoms with Crippen molar-refractivity contribution in [3.8, 4) is 0 Å². The molecule has 0 unspecified atom stereocenters. The number of carbonyl (C=O) groups excluding carboxylic acids is 3. The third-order valence-corrected chi connectivity index (χ3v) is 8.14. The lowest BCUT2D eigenvalue weighted by atomic mass is 9.64. The number of Topliss-reactive ketones (excluding diaryl/α,β-unsaturated/α-hetero) is 3.